The van der Waals surface area contributed by atoms with Crippen LogP contribution in [0.1, 0.15) is 52.7 Å². The maximum Gasteiger partial charge on any atom is 0.424 e. The van der Waals surface area contributed by atoms with Gasteiger partial charge in [-0.25, -0.2) is 22.3 Å². The molecule has 3 rings (SSSR count). The number of carbonyl (C=O) groups excluding carboxylic acids is 2. The summed E-state index contributed by atoms with van der Waals surface area (Å²) in [6, 6.07) is 13.6. The zero-order chi connectivity index (χ0) is 26.9. The van der Waals surface area contributed by atoms with Gasteiger partial charge in [-0.15, -0.1) is 0 Å². The third-order valence-electron chi connectivity index (χ3n) is 5.18. The number of benzene rings is 2. The number of hydrogen-bond donors (Lipinski definition) is 0. The van der Waals surface area contributed by atoms with Crippen LogP contribution in [0.15, 0.2) is 59.6 Å². The number of carbonyl (C=O) groups is 2. The van der Waals surface area contributed by atoms with E-state index in [9.17, 15) is 18.0 Å². The minimum atomic E-state index is -4.19. The lowest BCUT2D eigenvalue weighted by Gasteiger charge is -2.27. The van der Waals surface area contributed by atoms with Crippen molar-refractivity contribution in [2.75, 3.05) is 6.54 Å². The molecule has 1 heterocycles. The highest BCUT2D eigenvalue weighted by Gasteiger charge is 2.33. The second-order valence-corrected chi connectivity index (χ2v) is 12.5. The SMILES string of the molecule is Cc1ccc(S(=O)(=O)N(CCc2cn(C(=O)OC(C)(C)C)c3ccccc23)C(=O)OC(C)(C)C)cc1. The summed E-state index contributed by atoms with van der Waals surface area (Å²) in [5.41, 5.74) is 0.659. The smallest absolute Gasteiger partial charge is 0.424 e. The number of fused-ring (bicyclic) bond motifs is 1. The molecule has 0 saturated heterocycles. The second-order valence-electron chi connectivity index (χ2n) is 10.6. The summed E-state index contributed by atoms with van der Waals surface area (Å²) >= 11 is 0. The fourth-order valence-electron chi connectivity index (χ4n) is 3.59. The van der Waals surface area contributed by atoms with Crippen LogP contribution in [0.2, 0.25) is 0 Å². The Morgan fingerprint density at radius 2 is 1.47 bits per heavy atom. The Labute approximate surface area is 212 Å². The van der Waals surface area contributed by atoms with E-state index in [-0.39, 0.29) is 17.9 Å². The molecule has 0 unspecified atom stereocenters. The molecule has 0 aliphatic rings. The molecule has 36 heavy (non-hydrogen) atoms. The van der Waals surface area contributed by atoms with Crippen molar-refractivity contribution in [1.29, 1.82) is 0 Å². The van der Waals surface area contributed by atoms with Crippen molar-refractivity contribution in [3.8, 4) is 0 Å². The highest BCUT2D eigenvalue weighted by molar-refractivity contribution is 7.89. The highest BCUT2D eigenvalue weighted by atomic mass is 32.2. The van der Waals surface area contributed by atoms with E-state index >= 15 is 0 Å². The van der Waals surface area contributed by atoms with Gasteiger partial charge in [-0.05, 0) is 78.6 Å². The molecule has 0 aliphatic carbocycles. The van der Waals surface area contributed by atoms with Crippen LogP contribution in [0.5, 0.6) is 0 Å². The van der Waals surface area contributed by atoms with Gasteiger partial charge in [0.2, 0.25) is 0 Å². The number of nitrogens with zero attached hydrogens (tertiary/aromatic N) is 2. The van der Waals surface area contributed by atoms with Gasteiger partial charge in [0.05, 0.1) is 10.4 Å². The van der Waals surface area contributed by atoms with E-state index in [4.69, 9.17) is 9.47 Å². The molecule has 0 radical (unpaired) electrons. The molecule has 1 aromatic heterocycles. The van der Waals surface area contributed by atoms with Gasteiger partial charge >= 0.3 is 12.2 Å². The van der Waals surface area contributed by atoms with Gasteiger partial charge in [-0.1, -0.05) is 35.9 Å². The van der Waals surface area contributed by atoms with Gasteiger partial charge in [0.1, 0.15) is 11.2 Å². The number of para-hydroxylation sites is 1. The third-order valence-corrected chi connectivity index (χ3v) is 6.95. The Hall–Kier alpha value is -3.33. The molecule has 194 valence electrons. The maximum absolute atomic E-state index is 13.5. The van der Waals surface area contributed by atoms with Crippen molar-refractivity contribution < 1.29 is 27.5 Å². The number of sulfonamides is 1. The standard InChI is InChI=1S/C27H34N2O6S/c1-19-12-14-21(15-13-19)36(32,33)29(25(31)35-27(5,6)7)17-16-20-18-28(24(30)34-26(2,3)4)23-11-9-8-10-22(20)23/h8-15,18H,16-17H2,1-7H3. The predicted molar refractivity (Wildman–Crippen MR) is 139 cm³/mol. The van der Waals surface area contributed by atoms with E-state index < -0.39 is 33.4 Å². The summed E-state index contributed by atoms with van der Waals surface area (Å²) in [5, 5.41) is 0.764. The topological polar surface area (TPSA) is 94.9 Å². The molecule has 8 nitrogen and oxygen atoms in total. The molecule has 3 aromatic rings. The van der Waals surface area contributed by atoms with Crippen molar-refractivity contribution in [2.45, 2.75) is 71.0 Å². The molecule has 0 saturated carbocycles. The van der Waals surface area contributed by atoms with E-state index in [0.29, 0.717) is 11.1 Å². The molecule has 2 aromatic carbocycles. The molecule has 0 atom stereocenters. The molecule has 9 heteroatoms. The summed E-state index contributed by atoms with van der Waals surface area (Å²) < 4.78 is 40.1. The zero-order valence-electron chi connectivity index (χ0n) is 21.9. The normalized spacial score (nSPS) is 12.4. The zero-order valence-corrected chi connectivity index (χ0v) is 22.7. The van der Waals surface area contributed by atoms with Crippen molar-refractivity contribution in [3.63, 3.8) is 0 Å². The summed E-state index contributed by atoms with van der Waals surface area (Å²) in [6.07, 6.45) is 0.297. The van der Waals surface area contributed by atoms with Crippen molar-refractivity contribution in [2.24, 2.45) is 0 Å². The lowest BCUT2D eigenvalue weighted by atomic mass is 10.1. The van der Waals surface area contributed by atoms with E-state index in [2.05, 4.69) is 0 Å². The molecule has 0 bridgehead atoms. The Balaban J connectivity index is 1.98. The van der Waals surface area contributed by atoms with E-state index in [1.165, 1.54) is 16.7 Å². The van der Waals surface area contributed by atoms with Gasteiger partial charge in [0, 0.05) is 18.1 Å². The van der Waals surface area contributed by atoms with Crippen LogP contribution in [0.25, 0.3) is 10.9 Å². The Kier molecular flexibility index (Phi) is 7.55. The van der Waals surface area contributed by atoms with Crippen LogP contribution in [0, 0.1) is 6.92 Å². The van der Waals surface area contributed by atoms with E-state index in [1.54, 1.807) is 65.9 Å². The number of rotatable bonds is 5. The van der Waals surface area contributed by atoms with Gasteiger partial charge in [0.15, 0.2) is 0 Å². The number of aryl methyl sites for hydroxylation is 1. The van der Waals surface area contributed by atoms with E-state index in [1.807, 2.05) is 25.1 Å². The summed E-state index contributed by atoms with van der Waals surface area (Å²) in [5.74, 6) is 0. The van der Waals surface area contributed by atoms with Crippen LogP contribution in [0.4, 0.5) is 9.59 Å². The van der Waals surface area contributed by atoms with Crippen LogP contribution >= 0.6 is 0 Å². The first-order valence-electron chi connectivity index (χ1n) is 11.7. The lowest BCUT2D eigenvalue weighted by molar-refractivity contribution is 0.0391. The maximum atomic E-state index is 13.5. The first kappa shape index (κ1) is 27.3. The molecule has 0 fully saturated rings. The molecular formula is C27H34N2O6S. The van der Waals surface area contributed by atoms with Gasteiger partial charge in [-0.2, -0.15) is 0 Å². The average Bonchev–Trinajstić information content (AvgIpc) is 3.10. The minimum Gasteiger partial charge on any atom is -0.443 e. The summed E-state index contributed by atoms with van der Waals surface area (Å²) in [4.78, 5) is 25.9. The Bertz CT molecular complexity index is 1360. The van der Waals surface area contributed by atoms with Gasteiger partial charge in [-0.3, -0.25) is 4.57 Å². The van der Waals surface area contributed by atoms with Crippen LogP contribution in [-0.2, 0) is 25.9 Å². The number of amides is 1. The summed E-state index contributed by atoms with van der Waals surface area (Å²) in [7, 11) is -4.19. The Morgan fingerprint density at radius 3 is 2.06 bits per heavy atom. The number of ether oxygens (including phenoxy) is 2. The van der Waals surface area contributed by atoms with Crippen LogP contribution in [-0.4, -0.2) is 47.2 Å². The first-order chi connectivity index (χ1) is 16.6. The molecular weight excluding hydrogens is 480 g/mol. The molecule has 1 amide bonds. The fraction of sp³-hybridized carbons (Fsp3) is 0.407. The quantitative estimate of drug-likeness (QED) is 0.421. The van der Waals surface area contributed by atoms with Crippen molar-refractivity contribution >= 4 is 33.1 Å². The first-order valence-corrected chi connectivity index (χ1v) is 13.2. The molecule has 0 aliphatic heterocycles. The van der Waals surface area contributed by atoms with Crippen LogP contribution in [0.3, 0.4) is 0 Å². The predicted octanol–water partition coefficient (Wildman–Crippen LogP) is 5.90. The summed E-state index contributed by atoms with van der Waals surface area (Å²) in [6.45, 7) is 12.1. The molecule has 0 N–H and O–H groups in total. The minimum absolute atomic E-state index is 0.00450. The number of aromatic nitrogens is 1. The molecule has 0 spiro atoms. The fourth-order valence-corrected chi connectivity index (χ4v) is 4.89. The highest BCUT2D eigenvalue weighted by Crippen LogP contribution is 2.25. The third kappa shape index (κ3) is 6.46. The van der Waals surface area contributed by atoms with E-state index in [0.717, 1.165) is 15.3 Å². The average molecular weight is 515 g/mol. The number of hydrogen-bond acceptors (Lipinski definition) is 6. The van der Waals surface area contributed by atoms with Crippen molar-refractivity contribution in [3.05, 3.63) is 65.9 Å². The van der Waals surface area contributed by atoms with Crippen LogP contribution < -0.4 is 0 Å². The largest absolute Gasteiger partial charge is 0.443 e. The van der Waals surface area contributed by atoms with Crippen molar-refractivity contribution in [1.82, 2.24) is 8.87 Å². The second kappa shape index (κ2) is 9.97. The lowest BCUT2D eigenvalue weighted by Crippen LogP contribution is -2.41. The van der Waals surface area contributed by atoms with Gasteiger partial charge < -0.3 is 9.47 Å². The monoisotopic (exact) mass is 514 g/mol. The Morgan fingerprint density at radius 1 is 0.889 bits per heavy atom. The van der Waals surface area contributed by atoms with Gasteiger partial charge in [0.25, 0.3) is 10.0 Å².